The molecule has 0 aromatic rings. The third kappa shape index (κ3) is 5.35. The van der Waals surface area contributed by atoms with Crippen molar-refractivity contribution in [2.45, 2.75) is 12.6 Å². The van der Waals surface area contributed by atoms with Crippen LogP contribution in [0.5, 0.6) is 0 Å². The third-order valence-electron chi connectivity index (χ3n) is 3.32. The van der Waals surface area contributed by atoms with Crippen molar-refractivity contribution in [3.63, 3.8) is 0 Å². The Morgan fingerprint density at radius 3 is 2.30 bits per heavy atom. The minimum Gasteiger partial charge on any atom is -0.469 e. The van der Waals surface area contributed by atoms with Crippen LogP contribution in [0.2, 0.25) is 0 Å². The van der Waals surface area contributed by atoms with E-state index in [0.29, 0.717) is 32.7 Å². The molecule has 1 rings (SSSR count). The Labute approximate surface area is 115 Å². The molecule has 1 heterocycles. The van der Waals surface area contributed by atoms with Crippen molar-refractivity contribution in [1.82, 2.24) is 9.80 Å². The predicted molar refractivity (Wildman–Crippen MR) is 64.7 cm³/mol. The normalized spacial score (nSPS) is 19.4. The van der Waals surface area contributed by atoms with Gasteiger partial charge in [0.15, 0.2) is 5.92 Å². The fourth-order valence-electron chi connectivity index (χ4n) is 2.02. The van der Waals surface area contributed by atoms with Crippen molar-refractivity contribution in [2.24, 2.45) is 5.92 Å². The van der Waals surface area contributed by atoms with Gasteiger partial charge in [-0.25, -0.2) is 0 Å². The maximum atomic E-state index is 12.5. The van der Waals surface area contributed by atoms with Crippen molar-refractivity contribution >= 4 is 5.97 Å². The molecule has 1 unspecified atom stereocenters. The molecule has 0 N–H and O–H groups in total. The van der Waals surface area contributed by atoms with E-state index in [1.165, 1.54) is 13.2 Å². The number of nitriles is 1. The lowest BCUT2D eigenvalue weighted by atomic mass is 10.1. The molecule has 8 heteroatoms. The highest BCUT2D eigenvalue weighted by atomic mass is 19.4. The molecule has 0 aromatic carbocycles. The Kier molecular flexibility index (Phi) is 6.23. The van der Waals surface area contributed by atoms with Gasteiger partial charge < -0.3 is 9.64 Å². The van der Waals surface area contributed by atoms with E-state index >= 15 is 0 Å². The van der Waals surface area contributed by atoms with Gasteiger partial charge in [-0.1, -0.05) is 0 Å². The molecule has 114 valence electrons. The highest BCUT2D eigenvalue weighted by Gasteiger charge is 2.41. The van der Waals surface area contributed by atoms with Crippen molar-refractivity contribution < 1.29 is 22.7 Å². The zero-order valence-electron chi connectivity index (χ0n) is 11.3. The van der Waals surface area contributed by atoms with Crippen molar-refractivity contribution in [3.05, 3.63) is 0 Å². The largest absolute Gasteiger partial charge is 0.469 e. The average molecular weight is 293 g/mol. The van der Waals surface area contributed by atoms with Gasteiger partial charge in [-0.15, -0.1) is 0 Å². The second-order valence-corrected chi connectivity index (χ2v) is 4.69. The van der Waals surface area contributed by atoms with Crippen LogP contribution >= 0.6 is 0 Å². The first-order valence-corrected chi connectivity index (χ1v) is 6.34. The van der Waals surface area contributed by atoms with E-state index in [2.05, 4.69) is 4.74 Å². The van der Waals surface area contributed by atoms with Crippen molar-refractivity contribution in [1.29, 1.82) is 5.26 Å². The van der Waals surface area contributed by atoms with Crippen LogP contribution in [0.3, 0.4) is 0 Å². The van der Waals surface area contributed by atoms with Gasteiger partial charge in [-0.3, -0.25) is 9.69 Å². The number of halogens is 3. The number of piperazine rings is 1. The molecule has 1 aliphatic heterocycles. The van der Waals surface area contributed by atoms with Crippen LogP contribution in [-0.4, -0.2) is 68.3 Å². The summed E-state index contributed by atoms with van der Waals surface area (Å²) in [5, 5.41) is 8.56. The van der Waals surface area contributed by atoms with Crippen LogP contribution < -0.4 is 0 Å². The van der Waals surface area contributed by atoms with Gasteiger partial charge >= 0.3 is 12.1 Å². The summed E-state index contributed by atoms with van der Waals surface area (Å²) in [5.41, 5.74) is 0. The summed E-state index contributed by atoms with van der Waals surface area (Å²) >= 11 is 0. The summed E-state index contributed by atoms with van der Waals surface area (Å²) in [7, 11) is 1.32. The predicted octanol–water partition coefficient (Wildman–Crippen LogP) is 0.869. The van der Waals surface area contributed by atoms with Gasteiger partial charge in [0.25, 0.3) is 0 Å². The van der Waals surface area contributed by atoms with Crippen LogP contribution in [0, 0.1) is 17.2 Å². The Morgan fingerprint density at radius 2 is 1.85 bits per heavy atom. The van der Waals surface area contributed by atoms with Crippen LogP contribution in [-0.2, 0) is 9.53 Å². The number of alkyl halides is 3. The fraction of sp³-hybridized carbons (Fsp3) is 0.833. The number of carbonyl (C=O) groups excluding carboxylic acids is 1. The summed E-state index contributed by atoms with van der Waals surface area (Å²) in [4.78, 5) is 14.6. The second-order valence-electron chi connectivity index (χ2n) is 4.69. The maximum Gasteiger partial charge on any atom is 0.405 e. The molecular formula is C12H18F3N3O2. The number of hydrogen-bond donors (Lipinski definition) is 0. The summed E-state index contributed by atoms with van der Waals surface area (Å²) in [6.45, 7) is 2.37. The quantitative estimate of drug-likeness (QED) is 0.704. The summed E-state index contributed by atoms with van der Waals surface area (Å²) < 4.78 is 42.0. The third-order valence-corrected chi connectivity index (χ3v) is 3.32. The summed E-state index contributed by atoms with van der Waals surface area (Å²) in [6, 6.07) is 1.31. The van der Waals surface area contributed by atoms with Gasteiger partial charge in [-0.2, -0.15) is 18.4 Å². The SMILES string of the molecule is COC(=O)CCN1CCN(CC(C#N)C(F)(F)F)CC1. The molecule has 0 amide bonds. The molecule has 0 radical (unpaired) electrons. The topological polar surface area (TPSA) is 56.6 Å². The molecule has 5 nitrogen and oxygen atoms in total. The van der Waals surface area contributed by atoms with Crippen LogP contribution in [0.1, 0.15) is 6.42 Å². The molecule has 20 heavy (non-hydrogen) atoms. The molecule has 1 aliphatic rings. The van der Waals surface area contributed by atoms with E-state index in [9.17, 15) is 18.0 Å². The minimum absolute atomic E-state index is 0.278. The van der Waals surface area contributed by atoms with Crippen LogP contribution in [0.25, 0.3) is 0 Å². The Morgan fingerprint density at radius 1 is 1.30 bits per heavy atom. The smallest absolute Gasteiger partial charge is 0.405 e. The Balaban J connectivity index is 2.32. The lowest BCUT2D eigenvalue weighted by molar-refractivity contribution is -0.164. The first-order valence-electron chi connectivity index (χ1n) is 6.34. The second kappa shape index (κ2) is 7.45. The lowest BCUT2D eigenvalue weighted by Crippen LogP contribution is -2.49. The molecular weight excluding hydrogens is 275 g/mol. The van der Waals surface area contributed by atoms with E-state index < -0.39 is 12.1 Å². The molecule has 1 fully saturated rings. The lowest BCUT2D eigenvalue weighted by Gasteiger charge is -2.35. The number of hydrogen-bond acceptors (Lipinski definition) is 5. The number of ether oxygens (including phenoxy) is 1. The molecule has 0 spiro atoms. The maximum absolute atomic E-state index is 12.5. The molecule has 0 saturated carbocycles. The zero-order chi connectivity index (χ0) is 15.2. The van der Waals surface area contributed by atoms with E-state index in [4.69, 9.17) is 5.26 Å². The van der Waals surface area contributed by atoms with E-state index in [1.807, 2.05) is 4.90 Å². The number of carbonyl (C=O) groups is 1. The van der Waals surface area contributed by atoms with Gasteiger partial charge in [0.2, 0.25) is 0 Å². The first kappa shape index (κ1) is 16.7. The molecule has 1 atom stereocenters. The molecule has 0 aromatic heterocycles. The van der Waals surface area contributed by atoms with Gasteiger partial charge in [-0.05, 0) is 0 Å². The number of nitrogens with zero attached hydrogens (tertiary/aromatic N) is 3. The van der Waals surface area contributed by atoms with E-state index in [-0.39, 0.29) is 18.9 Å². The Bertz CT molecular complexity index is 360. The summed E-state index contributed by atoms with van der Waals surface area (Å²) in [5.74, 6) is -2.24. The molecule has 0 aliphatic carbocycles. The van der Waals surface area contributed by atoms with E-state index in [0.717, 1.165) is 0 Å². The van der Waals surface area contributed by atoms with Gasteiger partial charge in [0, 0.05) is 39.3 Å². The van der Waals surface area contributed by atoms with Crippen molar-refractivity contribution in [3.8, 4) is 6.07 Å². The number of esters is 1. The van der Waals surface area contributed by atoms with Crippen LogP contribution in [0.4, 0.5) is 13.2 Å². The Hall–Kier alpha value is -1.33. The van der Waals surface area contributed by atoms with Crippen LogP contribution in [0.15, 0.2) is 0 Å². The molecule has 0 bridgehead atoms. The minimum atomic E-state index is -4.48. The first-order chi connectivity index (χ1) is 9.36. The van der Waals surface area contributed by atoms with E-state index in [1.54, 1.807) is 4.90 Å². The monoisotopic (exact) mass is 293 g/mol. The van der Waals surface area contributed by atoms with Gasteiger partial charge in [0.05, 0.1) is 19.6 Å². The fourth-order valence-corrected chi connectivity index (χ4v) is 2.02. The number of rotatable bonds is 5. The molecule has 1 saturated heterocycles. The number of methoxy groups -OCH3 is 1. The highest BCUT2D eigenvalue weighted by molar-refractivity contribution is 5.69. The zero-order valence-corrected chi connectivity index (χ0v) is 11.3. The average Bonchev–Trinajstić information content (AvgIpc) is 2.42. The highest BCUT2D eigenvalue weighted by Crippen LogP contribution is 2.26. The summed E-state index contributed by atoms with van der Waals surface area (Å²) in [6.07, 6.45) is -4.20. The standard InChI is InChI=1S/C12H18F3N3O2/c1-20-11(19)2-3-17-4-6-18(7-5-17)9-10(8-16)12(13,14)15/h10H,2-7,9H2,1H3. The van der Waals surface area contributed by atoms with Crippen molar-refractivity contribution in [2.75, 3.05) is 46.4 Å². The van der Waals surface area contributed by atoms with Gasteiger partial charge in [0.1, 0.15) is 0 Å².